The van der Waals surface area contributed by atoms with Crippen molar-refractivity contribution in [3.05, 3.63) is 35.6 Å². The van der Waals surface area contributed by atoms with Gasteiger partial charge in [-0.05, 0) is 42.2 Å². The minimum atomic E-state index is -0.555. The summed E-state index contributed by atoms with van der Waals surface area (Å²) in [7, 11) is 0. The zero-order chi connectivity index (χ0) is 14.6. The molecule has 2 unspecified atom stereocenters. The highest BCUT2D eigenvalue weighted by Gasteiger charge is 2.32. The number of halogens is 1. The van der Waals surface area contributed by atoms with Crippen LogP contribution in [0.15, 0.2) is 24.3 Å². The van der Waals surface area contributed by atoms with Gasteiger partial charge in [0, 0.05) is 18.3 Å². The topological polar surface area (TPSA) is 32.3 Å². The van der Waals surface area contributed by atoms with Gasteiger partial charge < -0.3 is 10.4 Å². The molecular formula is C16H24FNOS. The molecule has 0 aliphatic carbocycles. The lowest BCUT2D eigenvalue weighted by molar-refractivity contribution is 0.0626. The Labute approximate surface area is 125 Å². The first-order valence-electron chi connectivity index (χ1n) is 7.26. The van der Waals surface area contributed by atoms with Crippen LogP contribution in [0.1, 0.15) is 25.8 Å². The second kappa shape index (κ2) is 6.92. The van der Waals surface area contributed by atoms with Crippen molar-refractivity contribution in [3.8, 4) is 0 Å². The molecule has 1 heterocycles. The van der Waals surface area contributed by atoms with Crippen molar-refractivity contribution in [1.29, 1.82) is 0 Å². The van der Waals surface area contributed by atoms with Gasteiger partial charge in [0.25, 0.3) is 0 Å². The quantitative estimate of drug-likeness (QED) is 0.847. The lowest BCUT2D eigenvalue weighted by Crippen LogP contribution is -2.47. The van der Waals surface area contributed by atoms with E-state index in [1.54, 1.807) is 0 Å². The Morgan fingerprint density at radius 3 is 2.60 bits per heavy atom. The summed E-state index contributed by atoms with van der Waals surface area (Å²) in [6, 6.07) is 7.00. The van der Waals surface area contributed by atoms with E-state index in [1.807, 2.05) is 23.9 Å². The Kier molecular flexibility index (Phi) is 5.47. The smallest absolute Gasteiger partial charge is 0.123 e. The van der Waals surface area contributed by atoms with E-state index in [1.165, 1.54) is 12.1 Å². The Morgan fingerprint density at radius 2 is 2.05 bits per heavy atom. The molecule has 1 fully saturated rings. The normalized spacial score (nSPS) is 24.2. The first kappa shape index (κ1) is 15.8. The molecular weight excluding hydrogens is 273 g/mol. The minimum absolute atomic E-state index is 0.194. The Bertz CT molecular complexity index is 415. The SMILES string of the molecule is CC(C)C(Cc1ccc(F)cc1)NCC1(O)CCSC1. The molecule has 2 nitrogen and oxygen atoms in total. The largest absolute Gasteiger partial charge is 0.388 e. The number of aliphatic hydroxyl groups is 1. The lowest BCUT2D eigenvalue weighted by Gasteiger charge is -2.28. The van der Waals surface area contributed by atoms with Crippen LogP contribution >= 0.6 is 11.8 Å². The highest BCUT2D eigenvalue weighted by molar-refractivity contribution is 7.99. The van der Waals surface area contributed by atoms with E-state index < -0.39 is 5.60 Å². The number of thioether (sulfide) groups is 1. The Morgan fingerprint density at radius 1 is 1.35 bits per heavy atom. The van der Waals surface area contributed by atoms with Crippen molar-refractivity contribution >= 4 is 11.8 Å². The fourth-order valence-corrected chi connectivity index (χ4v) is 3.77. The third-order valence-electron chi connectivity index (χ3n) is 3.95. The second-order valence-corrected chi connectivity index (χ2v) is 7.19. The van der Waals surface area contributed by atoms with Crippen molar-refractivity contribution in [3.63, 3.8) is 0 Å². The highest BCUT2D eigenvalue weighted by Crippen LogP contribution is 2.27. The second-order valence-electron chi connectivity index (χ2n) is 6.09. The lowest BCUT2D eigenvalue weighted by atomic mass is 9.95. The van der Waals surface area contributed by atoms with Gasteiger partial charge in [-0.1, -0.05) is 26.0 Å². The van der Waals surface area contributed by atoms with Gasteiger partial charge >= 0.3 is 0 Å². The Balaban J connectivity index is 1.91. The van der Waals surface area contributed by atoms with Gasteiger partial charge in [0.2, 0.25) is 0 Å². The van der Waals surface area contributed by atoms with E-state index in [9.17, 15) is 9.50 Å². The maximum Gasteiger partial charge on any atom is 0.123 e. The fourth-order valence-electron chi connectivity index (χ4n) is 2.47. The van der Waals surface area contributed by atoms with Crippen LogP contribution in [0.3, 0.4) is 0 Å². The van der Waals surface area contributed by atoms with Crippen LogP contribution in [0.5, 0.6) is 0 Å². The van der Waals surface area contributed by atoms with Crippen molar-refractivity contribution in [1.82, 2.24) is 5.32 Å². The molecule has 1 saturated heterocycles. The molecule has 2 rings (SSSR count). The molecule has 1 aromatic rings. The average molecular weight is 297 g/mol. The van der Waals surface area contributed by atoms with Gasteiger partial charge in [0.05, 0.1) is 5.60 Å². The van der Waals surface area contributed by atoms with Gasteiger partial charge in [0.1, 0.15) is 5.82 Å². The van der Waals surface area contributed by atoms with Crippen molar-refractivity contribution in [2.45, 2.75) is 38.3 Å². The molecule has 20 heavy (non-hydrogen) atoms. The number of benzene rings is 1. The zero-order valence-corrected chi connectivity index (χ0v) is 13.0. The minimum Gasteiger partial charge on any atom is -0.388 e. The standard InChI is InChI=1S/C16H24FNOS/c1-12(2)15(9-13-3-5-14(17)6-4-13)18-10-16(19)7-8-20-11-16/h3-6,12,15,18-19H,7-11H2,1-2H3. The predicted octanol–water partition coefficient (Wildman–Crippen LogP) is 2.85. The van der Waals surface area contributed by atoms with Gasteiger partial charge in [-0.2, -0.15) is 11.8 Å². The van der Waals surface area contributed by atoms with Crippen LogP contribution in [0, 0.1) is 11.7 Å². The van der Waals surface area contributed by atoms with Crippen molar-refractivity contribution in [2.75, 3.05) is 18.1 Å². The summed E-state index contributed by atoms with van der Waals surface area (Å²) < 4.78 is 12.9. The van der Waals surface area contributed by atoms with Gasteiger partial charge in [-0.25, -0.2) is 4.39 Å². The maximum atomic E-state index is 12.9. The molecule has 1 aliphatic heterocycles. The van der Waals surface area contributed by atoms with Crippen molar-refractivity contribution in [2.24, 2.45) is 5.92 Å². The van der Waals surface area contributed by atoms with Crippen molar-refractivity contribution < 1.29 is 9.50 Å². The molecule has 0 amide bonds. The van der Waals surface area contributed by atoms with E-state index in [-0.39, 0.29) is 5.82 Å². The third kappa shape index (κ3) is 4.47. The summed E-state index contributed by atoms with van der Waals surface area (Å²) in [6.07, 6.45) is 1.73. The van der Waals surface area contributed by atoms with Crippen LogP contribution in [-0.4, -0.2) is 34.8 Å². The monoisotopic (exact) mass is 297 g/mol. The van der Waals surface area contributed by atoms with E-state index in [2.05, 4.69) is 19.2 Å². The van der Waals surface area contributed by atoms with E-state index in [4.69, 9.17) is 0 Å². The summed E-state index contributed by atoms with van der Waals surface area (Å²) in [6.45, 7) is 4.99. The molecule has 1 aromatic carbocycles. The number of hydrogen-bond donors (Lipinski definition) is 2. The average Bonchev–Trinajstić information content (AvgIpc) is 2.84. The van der Waals surface area contributed by atoms with Gasteiger partial charge in [-0.3, -0.25) is 0 Å². The first-order valence-corrected chi connectivity index (χ1v) is 8.42. The van der Waals surface area contributed by atoms with E-state index in [0.717, 1.165) is 29.9 Å². The molecule has 0 radical (unpaired) electrons. The molecule has 0 saturated carbocycles. The molecule has 0 bridgehead atoms. The summed E-state index contributed by atoms with van der Waals surface area (Å²) in [5.41, 5.74) is 0.575. The van der Waals surface area contributed by atoms with Gasteiger partial charge in [-0.15, -0.1) is 0 Å². The summed E-state index contributed by atoms with van der Waals surface area (Å²) in [5, 5.41) is 13.9. The maximum absolute atomic E-state index is 12.9. The molecule has 2 N–H and O–H groups in total. The predicted molar refractivity (Wildman–Crippen MR) is 83.6 cm³/mol. The van der Waals surface area contributed by atoms with Gasteiger partial charge in [0.15, 0.2) is 0 Å². The molecule has 4 heteroatoms. The molecule has 112 valence electrons. The van der Waals surface area contributed by atoms with Crippen LogP contribution in [0.25, 0.3) is 0 Å². The first-order chi connectivity index (χ1) is 9.48. The van der Waals surface area contributed by atoms with E-state index >= 15 is 0 Å². The van der Waals surface area contributed by atoms with Crippen LogP contribution in [-0.2, 0) is 6.42 Å². The third-order valence-corrected chi connectivity index (χ3v) is 5.18. The van der Waals surface area contributed by atoms with E-state index in [0.29, 0.717) is 18.5 Å². The van der Waals surface area contributed by atoms with Crippen LogP contribution in [0.4, 0.5) is 4.39 Å². The summed E-state index contributed by atoms with van der Waals surface area (Å²) >= 11 is 1.81. The Hall–Kier alpha value is -0.580. The molecule has 2 atom stereocenters. The molecule has 1 aliphatic rings. The number of hydrogen-bond acceptors (Lipinski definition) is 3. The summed E-state index contributed by atoms with van der Waals surface area (Å²) in [4.78, 5) is 0. The molecule has 0 spiro atoms. The van der Waals surface area contributed by atoms with Crippen LogP contribution < -0.4 is 5.32 Å². The zero-order valence-electron chi connectivity index (χ0n) is 12.2. The fraction of sp³-hybridized carbons (Fsp3) is 0.625. The number of rotatable bonds is 6. The number of nitrogens with one attached hydrogen (secondary N) is 1. The summed E-state index contributed by atoms with van der Waals surface area (Å²) in [5.74, 6) is 2.14. The highest BCUT2D eigenvalue weighted by atomic mass is 32.2. The van der Waals surface area contributed by atoms with Crippen LogP contribution in [0.2, 0.25) is 0 Å². The molecule has 0 aromatic heterocycles.